The largest absolute Gasteiger partial charge is 0.493 e. The van der Waals surface area contributed by atoms with Crippen molar-refractivity contribution in [3.63, 3.8) is 0 Å². The molecule has 8 nitrogen and oxygen atoms in total. The minimum Gasteiger partial charge on any atom is -0.493 e. The summed E-state index contributed by atoms with van der Waals surface area (Å²) in [5.41, 5.74) is 0.0920. The Morgan fingerprint density at radius 2 is 1.76 bits per heavy atom. The van der Waals surface area contributed by atoms with Crippen LogP contribution >= 0.6 is 11.6 Å². The van der Waals surface area contributed by atoms with Gasteiger partial charge in [-0.05, 0) is 45.2 Å². The summed E-state index contributed by atoms with van der Waals surface area (Å²) in [5, 5.41) is 4.80. The second kappa shape index (κ2) is 11.5. The molecule has 0 radical (unpaired) electrons. The van der Waals surface area contributed by atoms with E-state index in [0.717, 1.165) is 6.42 Å². The summed E-state index contributed by atoms with van der Waals surface area (Å²) in [6.07, 6.45) is -0.354. The Morgan fingerprint density at radius 3 is 2.31 bits per heavy atom. The summed E-state index contributed by atoms with van der Waals surface area (Å²) in [4.78, 5) is 36.0. The molecular formula is C20H29ClN2O6. The fourth-order valence-electron chi connectivity index (χ4n) is 2.17. The van der Waals surface area contributed by atoms with Gasteiger partial charge in [-0.15, -0.1) is 0 Å². The zero-order valence-corrected chi connectivity index (χ0v) is 18.4. The van der Waals surface area contributed by atoms with E-state index in [9.17, 15) is 14.4 Å². The molecule has 0 bridgehead atoms. The van der Waals surface area contributed by atoms with Gasteiger partial charge < -0.3 is 19.5 Å². The van der Waals surface area contributed by atoms with Gasteiger partial charge in [0.2, 0.25) is 0 Å². The molecule has 0 aliphatic rings. The minimum atomic E-state index is -1.19. The van der Waals surface area contributed by atoms with Gasteiger partial charge in [-0.3, -0.25) is 10.1 Å². The molecule has 0 fully saturated rings. The fraction of sp³-hybridized carbons (Fsp3) is 0.550. The molecule has 1 rings (SSSR count). The summed E-state index contributed by atoms with van der Waals surface area (Å²) in [7, 11) is 1.43. The van der Waals surface area contributed by atoms with Crippen molar-refractivity contribution in [3.8, 4) is 11.5 Å². The smallest absolute Gasteiger partial charge is 0.339 e. The van der Waals surface area contributed by atoms with E-state index in [1.807, 2.05) is 0 Å². The predicted octanol–water partition coefficient (Wildman–Crippen LogP) is 3.55. The third-order valence-electron chi connectivity index (χ3n) is 3.72. The van der Waals surface area contributed by atoms with Crippen LogP contribution in [0.15, 0.2) is 12.1 Å². The average molecular weight is 429 g/mol. The molecular weight excluding hydrogens is 400 g/mol. The summed E-state index contributed by atoms with van der Waals surface area (Å²) in [5.74, 6) is -0.456. The summed E-state index contributed by atoms with van der Waals surface area (Å²) in [6.45, 7) is 9.46. The summed E-state index contributed by atoms with van der Waals surface area (Å²) in [6, 6.07) is 2.00. The maximum atomic E-state index is 12.4. The molecule has 1 aromatic carbocycles. The Bertz CT molecular complexity index is 736. The van der Waals surface area contributed by atoms with Crippen molar-refractivity contribution >= 4 is 29.5 Å². The van der Waals surface area contributed by atoms with Crippen LogP contribution in [0, 0.1) is 5.92 Å². The number of carbonyl (C=O) groups is 3. The zero-order chi connectivity index (χ0) is 22.1. The van der Waals surface area contributed by atoms with Crippen LogP contribution in [0.1, 0.15) is 51.4 Å². The lowest BCUT2D eigenvalue weighted by Crippen LogP contribution is -2.46. The van der Waals surface area contributed by atoms with Crippen LogP contribution in [0.4, 0.5) is 4.79 Å². The lowest BCUT2D eigenvalue weighted by atomic mass is 10.1. The first-order chi connectivity index (χ1) is 13.5. The molecule has 0 spiro atoms. The second-order valence-electron chi connectivity index (χ2n) is 7.19. The number of methoxy groups -OCH3 is 1. The zero-order valence-electron chi connectivity index (χ0n) is 17.6. The van der Waals surface area contributed by atoms with Crippen LogP contribution in [0.3, 0.4) is 0 Å². The predicted molar refractivity (Wildman–Crippen MR) is 110 cm³/mol. The van der Waals surface area contributed by atoms with Crippen LogP contribution in [0.2, 0.25) is 5.02 Å². The third-order valence-corrected chi connectivity index (χ3v) is 4.00. The number of urea groups is 1. The van der Waals surface area contributed by atoms with Gasteiger partial charge in [0, 0.05) is 6.04 Å². The van der Waals surface area contributed by atoms with E-state index >= 15 is 0 Å². The molecule has 3 amide bonds. The normalized spacial score (nSPS) is 11.8. The van der Waals surface area contributed by atoms with Gasteiger partial charge in [0.1, 0.15) is 0 Å². The molecule has 2 N–H and O–H groups in total. The Labute approximate surface area is 176 Å². The monoisotopic (exact) mass is 428 g/mol. The first-order valence-electron chi connectivity index (χ1n) is 9.37. The molecule has 0 aromatic heterocycles. The molecule has 29 heavy (non-hydrogen) atoms. The van der Waals surface area contributed by atoms with Gasteiger partial charge in [-0.2, -0.15) is 0 Å². The van der Waals surface area contributed by atoms with Crippen LogP contribution in [0.5, 0.6) is 11.5 Å². The molecule has 0 aliphatic carbocycles. The highest BCUT2D eigenvalue weighted by Gasteiger charge is 2.23. The number of nitrogens with one attached hydrogen (secondary N) is 2. The number of esters is 1. The number of rotatable bonds is 9. The number of benzene rings is 1. The number of imide groups is 1. The highest BCUT2D eigenvalue weighted by Crippen LogP contribution is 2.37. The first-order valence-corrected chi connectivity index (χ1v) is 9.75. The van der Waals surface area contributed by atoms with E-state index in [-0.39, 0.29) is 22.4 Å². The average Bonchev–Trinajstić information content (AvgIpc) is 2.61. The number of carbonyl (C=O) groups excluding carboxylic acids is 3. The highest BCUT2D eigenvalue weighted by molar-refractivity contribution is 6.32. The molecule has 0 saturated carbocycles. The Hall–Kier alpha value is -2.48. The standard InChI is InChI=1S/C20H29ClN2O6/c1-11(2)7-8-28-17-15(21)9-14(10-16(17)27-6)19(25)29-13(5)18(24)23-20(26)22-12(3)4/h9-13H,7-8H2,1-6H3,(H2,22,23,24,26)/t13-/m1/s1. The Balaban J connectivity index is 2.82. The maximum Gasteiger partial charge on any atom is 0.339 e. The van der Waals surface area contributed by atoms with Gasteiger partial charge >= 0.3 is 12.0 Å². The van der Waals surface area contributed by atoms with Crippen molar-refractivity contribution in [2.75, 3.05) is 13.7 Å². The number of halogens is 1. The van der Waals surface area contributed by atoms with Crippen molar-refractivity contribution in [1.82, 2.24) is 10.6 Å². The molecule has 9 heteroatoms. The lowest BCUT2D eigenvalue weighted by molar-refractivity contribution is -0.127. The SMILES string of the molecule is COc1cc(C(=O)O[C@H](C)C(=O)NC(=O)NC(C)C)cc(Cl)c1OCCC(C)C. The number of amides is 3. The summed E-state index contributed by atoms with van der Waals surface area (Å²) >= 11 is 6.24. The molecule has 0 saturated heterocycles. The van der Waals surface area contributed by atoms with E-state index in [4.69, 9.17) is 25.8 Å². The van der Waals surface area contributed by atoms with Gasteiger partial charge in [0.05, 0.1) is 24.3 Å². The molecule has 0 heterocycles. The van der Waals surface area contributed by atoms with Crippen molar-refractivity contribution < 1.29 is 28.6 Å². The van der Waals surface area contributed by atoms with Gasteiger partial charge in [0.25, 0.3) is 5.91 Å². The van der Waals surface area contributed by atoms with Crippen LogP contribution in [-0.4, -0.2) is 43.8 Å². The second-order valence-corrected chi connectivity index (χ2v) is 7.59. The van der Waals surface area contributed by atoms with E-state index in [2.05, 4.69) is 24.5 Å². The highest BCUT2D eigenvalue weighted by atomic mass is 35.5. The van der Waals surface area contributed by atoms with Crippen LogP contribution < -0.4 is 20.1 Å². The quantitative estimate of drug-likeness (QED) is 0.583. The van der Waals surface area contributed by atoms with Crippen LogP contribution in [-0.2, 0) is 9.53 Å². The molecule has 1 aromatic rings. The lowest BCUT2D eigenvalue weighted by Gasteiger charge is -2.16. The number of ether oxygens (including phenoxy) is 3. The van der Waals surface area contributed by atoms with Gasteiger partial charge in [0.15, 0.2) is 17.6 Å². The van der Waals surface area contributed by atoms with Crippen LogP contribution in [0.25, 0.3) is 0 Å². The topological polar surface area (TPSA) is 103 Å². The molecule has 1 atom stereocenters. The number of hydrogen-bond acceptors (Lipinski definition) is 6. The van der Waals surface area contributed by atoms with Crippen molar-refractivity contribution in [2.45, 2.75) is 53.2 Å². The molecule has 162 valence electrons. The van der Waals surface area contributed by atoms with E-state index in [1.165, 1.54) is 26.2 Å². The van der Waals surface area contributed by atoms with Crippen molar-refractivity contribution in [1.29, 1.82) is 0 Å². The third kappa shape index (κ3) is 8.19. The van der Waals surface area contributed by atoms with Gasteiger partial charge in [-0.1, -0.05) is 25.4 Å². The number of hydrogen-bond donors (Lipinski definition) is 2. The van der Waals surface area contributed by atoms with E-state index in [1.54, 1.807) is 13.8 Å². The van der Waals surface area contributed by atoms with E-state index < -0.39 is 24.0 Å². The first kappa shape index (κ1) is 24.6. The Morgan fingerprint density at radius 1 is 1.10 bits per heavy atom. The fourth-order valence-corrected chi connectivity index (χ4v) is 2.43. The molecule has 0 aliphatic heterocycles. The Kier molecular flexibility index (Phi) is 9.74. The minimum absolute atomic E-state index is 0.0920. The van der Waals surface area contributed by atoms with E-state index in [0.29, 0.717) is 18.3 Å². The van der Waals surface area contributed by atoms with Gasteiger partial charge in [-0.25, -0.2) is 9.59 Å². The molecule has 0 unspecified atom stereocenters. The maximum absolute atomic E-state index is 12.4. The van der Waals surface area contributed by atoms with Crippen molar-refractivity contribution in [2.24, 2.45) is 5.92 Å². The van der Waals surface area contributed by atoms with Crippen molar-refractivity contribution in [3.05, 3.63) is 22.7 Å². The summed E-state index contributed by atoms with van der Waals surface area (Å²) < 4.78 is 16.1.